The lowest BCUT2D eigenvalue weighted by Crippen LogP contribution is -2.27. The van der Waals surface area contributed by atoms with Crippen molar-refractivity contribution in [1.29, 1.82) is 5.26 Å². The summed E-state index contributed by atoms with van der Waals surface area (Å²) >= 11 is 0. The van der Waals surface area contributed by atoms with E-state index in [1.165, 1.54) is 12.1 Å². The number of fused-ring (bicyclic) bond motifs is 1. The summed E-state index contributed by atoms with van der Waals surface area (Å²) in [5.74, 6) is -0.170. The predicted molar refractivity (Wildman–Crippen MR) is 67.2 cm³/mol. The Balaban J connectivity index is 2.04. The molecular weight excluding hydrogens is 233 g/mol. The quantitative estimate of drug-likeness (QED) is 0.329. The number of aromatic nitrogens is 1. The summed E-state index contributed by atoms with van der Waals surface area (Å²) < 4.78 is 13.0. The van der Waals surface area contributed by atoms with Crippen LogP contribution in [0.4, 0.5) is 4.39 Å². The van der Waals surface area contributed by atoms with Gasteiger partial charge < -0.3 is 10.7 Å². The van der Waals surface area contributed by atoms with Gasteiger partial charge in [0.2, 0.25) is 5.96 Å². The van der Waals surface area contributed by atoms with E-state index in [0.29, 0.717) is 13.0 Å². The fraction of sp³-hybridized carbons (Fsp3) is 0.167. The molecule has 1 aromatic carbocycles. The third-order valence-corrected chi connectivity index (χ3v) is 2.49. The van der Waals surface area contributed by atoms with Gasteiger partial charge in [-0.2, -0.15) is 5.26 Å². The van der Waals surface area contributed by atoms with Gasteiger partial charge in [-0.15, -0.1) is 0 Å². The normalized spacial score (nSPS) is 11.4. The van der Waals surface area contributed by atoms with Crippen LogP contribution in [-0.2, 0) is 6.42 Å². The summed E-state index contributed by atoms with van der Waals surface area (Å²) in [6.07, 6.45) is 2.33. The molecule has 6 heteroatoms. The van der Waals surface area contributed by atoms with E-state index in [0.717, 1.165) is 16.6 Å². The number of benzene rings is 1. The van der Waals surface area contributed by atoms with Crippen LogP contribution < -0.4 is 11.1 Å². The zero-order valence-electron chi connectivity index (χ0n) is 9.57. The van der Waals surface area contributed by atoms with Crippen molar-refractivity contribution >= 4 is 16.9 Å². The highest BCUT2D eigenvalue weighted by Gasteiger charge is 2.01. The molecule has 92 valence electrons. The molecule has 1 aromatic heterocycles. The van der Waals surface area contributed by atoms with Crippen molar-refractivity contribution in [2.24, 2.45) is 10.7 Å². The van der Waals surface area contributed by atoms with Crippen molar-refractivity contribution in [2.45, 2.75) is 6.42 Å². The summed E-state index contributed by atoms with van der Waals surface area (Å²) in [7, 11) is 0. The van der Waals surface area contributed by atoms with Gasteiger partial charge >= 0.3 is 0 Å². The first-order valence-electron chi connectivity index (χ1n) is 5.41. The van der Waals surface area contributed by atoms with E-state index in [-0.39, 0.29) is 11.8 Å². The minimum absolute atomic E-state index is 0.0969. The number of nitriles is 1. The van der Waals surface area contributed by atoms with Crippen LogP contribution in [0.15, 0.2) is 29.3 Å². The molecule has 0 spiro atoms. The van der Waals surface area contributed by atoms with Crippen LogP contribution in [-0.4, -0.2) is 17.5 Å². The molecule has 0 radical (unpaired) electrons. The standard InChI is InChI=1S/C12H12FN5/c13-9-2-1-8-5-10(18-11(8)6-9)3-4-16-12(15)17-7-14/h1-2,5-6,18H,3-4H2,(H3,15,16,17). The number of guanidine groups is 1. The molecule has 0 saturated heterocycles. The first kappa shape index (κ1) is 11.9. The predicted octanol–water partition coefficient (Wildman–Crippen LogP) is 1.23. The zero-order chi connectivity index (χ0) is 13.0. The molecule has 0 saturated carbocycles. The summed E-state index contributed by atoms with van der Waals surface area (Å²) in [6, 6.07) is 6.54. The third-order valence-electron chi connectivity index (χ3n) is 2.49. The lowest BCUT2D eigenvalue weighted by molar-refractivity contribution is 0.629. The highest BCUT2D eigenvalue weighted by molar-refractivity contribution is 5.80. The van der Waals surface area contributed by atoms with Gasteiger partial charge in [-0.3, -0.25) is 10.3 Å². The Hall–Kier alpha value is -2.55. The molecule has 4 N–H and O–H groups in total. The van der Waals surface area contributed by atoms with Crippen molar-refractivity contribution in [3.8, 4) is 6.19 Å². The van der Waals surface area contributed by atoms with E-state index in [4.69, 9.17) is 11.0 Å². The van der Waals surface area contributed by atoms with E-state index < -0.39 is 0 Å². The van der Waals surface area contributed by atoms with Gasteiger partial charge in [0, 0.05) is 24.2 Å². The first-order valence-corrected chi connectivity index (χ1v) is 5.41. The molecule has 0 aliphatic heterocycles. The Labute approximate surface area is 103 Å². The van der Waals surface area contributed by atoms with E-state index in [1.54, 1.807) is 12.3 Å². The average molecular weight is 245 g/mol. The summed E-state index contributed by atoms with van der Waals surface area (Å²) in [5.41, 5.74) is 7.11. The molecule has 0 bridgehead atoms. The number of nitrogens with zero attached hydrogens (tertiary/aromatic N) is 2. The largest absolute Gasteiger partial charge is 0.369 e. The molecule has 0 aliphatic rings. The molecule has 18 heavy (non-hydrogen) atoms. The summed E-state index contributed by atoms with van der Waals surface area (Å²) in [5, 5.41) is 11.5. The average Bonchev–Trinajstić information content (AvgIpc) is 2.71. The molecule has 2 rings (SSSR count). The van der Waals surface area contributed by atoms with Gasteiger partial charge in [-0.1, -0.05) is 0 Å². The molecule has 0 fully saturated rings. The molecular formula is C12H12FN5. The van der Waals surface area contributed by atoms with Gasteiger partial charge in [-0.05, 0) is 29.7 Å². The second kappa shape index (κ2) is 5.19. The van der Waals surface area contributed by atoms with Gasteiger partial charge in [0.1, 0.15) is 5.82 Å². The van der Waals surface area contributed by atoms with Crippen molar-refractivity contribution in [2.75, 3.05) is 6.54 Å². The smallest absolute Gasteiger partial charge is 0.202 e. The minimum Gasteiger partial charge on any atom is -0.369 e. The monoisotopic (exact) mass is 245 g/mol. The molecule has 0 amide bonds. The van der Waals surface area contributed by atoms with Gasteiger partial charge in [0.25, 0.3) is 0 Å². The zero-order valence-corrected chi connectivity index (χ0v) is 9.57. The van der Waals surface area contributed by atoms with Crippen LogP contribution in [0.2, 0.25) is 0 Å². The van der Waals surface area contributed by atoms with E-state index in [1.807, 2.05) is 6.07 Å². The molecule has 2 aromatic rings. The summed E-state index contributed by atoms with van der Waals surface area (Å²) in [6.45, 7) is 0.454. The third kappa shape index (κ3) is 2.77. The highest BCUT2D eigenvalue weighted by Crippen LogP contribution is 2.16. The molecule has 1 heterocycles. The van der Waals surface area contributed by atoms with Crippen molar-refractivity contribution in [3.05, 3.63) is 35.8 Å². The van der Waals surface area contributed by atoms with Crippen LogP contribution in [0.25, 0.3) is 10.9 Å². The first-order chi connectivity index (χ1) is 8.69. The number of H-pyrrole nitrogens is 1. The molecule has 0 atom stereocenters. The molecule has 0 unspecified atom stereocenters. The Kier molecular flexibility index (Phi) is 3.44. The van der Waals surface area contributed by atoms with Crippen molar-refractivity contribution in [3.63, 3.8) is 0 Å². The number of nitrogens with one attached hydrogen (secondary N) is 2. The number of hydrogen-bond acceptors (Lipinski definition) is 2. The topological polar surface area (TPSA) is 90.0 Å². The number of aliphatic imine (C=N–C) groups is 1. The second-order valence-electron chi connectivity index (χ2n) is 3.78. The highest BCUT2D eigenvalue weighted by atomic mass is 19.1. The van der Waals surface area contributed by atoms with E-state index in [2.05, 4.69) is 15.3 Å². The summed E-state index contributed by atoms with van der Waals surface area (Å²) in [4.78, 5) is 7.07. The lowest BCUT2D eigenvalue weighted by Gasteiger charge is -1.96. The maximum Gasteiger partial charge on any atom is 0.202 e. The second-order valence-corrected chi connectivity index (χ2v) is 3.78. The van der Waals surface area contributed by atoms with Crippen LogP contribution in [0.5, 0.6) is 0 Å². The fourth-order valence-electron chi connectivity index (χ4n) is 1.69. The van der Waals surface area contributed by atoms with Gasteiger partial charge in [-0.25, -0.2) is 4.39 Å². The van der Waals surface area contributed by atoms with Gasteiger partial charge in [0.15, 0.2) is 6.19 Å². The van der Waals surface area contributed by atoms with E-state index >= 15 is 0 Å². The Morgan fingerprint density at radius 2 is 2.33 bits per heavy atom. The van der Waals surface area contributed by atoms with Gasteiger partial charge in [0.05, 0.1) is 0 Å². The van der Waals surface area contributed by atoms with Crippen LogP contribution in [0, 0.1) is 17.3 Å². The molecule has 0 aliphatic carbocycles. The Bertz CT molecular complexity index is 623. The number of hydrogen-bond donors (Lipinski definition) is 3. The maximum atomic E-state index is 13.0. The van der Waals surface area contributed by atoms with Crippen LogP contribution in [0.1, 0.15) is 5.69 Å². The fourth-order valence-corrected chi connectivity index (χ4v) is 1.69. The SMILES string of the molecule is N#CNC(N)=NCCc1cc2ccc(F)cc2[nH]1. The lowest BCUT2D eigenvalue weighted by atomic mass is 10.2. The number of nitrogens with two attached hydrogens (primary N) is 1. The van der Waals surface area contributed by atoms with Crippen LogP contribution >= 0.6 is 0 Å². The van der Waals surface area contributed by atoms with Crippen molar-refractivity contribution in [1.82, 2.24) is 10.3 Å². The number of halogens is 1. The molecule has 5 nitrogen and oxygen atoms in total. The Morgan fingerprint density at radius 1 is 1.50 bits per heavy atom. The number of aromatic amines is 1. The van der Waals surface area contributed by atoms with E-state index in [9.17, 15) is 4.39 Å². The minimum atomic E-state index is -0.267. The number of rotatable bonds is 3. The maximum absolute atomic E-state index is 13.0. The Morgan fingerprint density at radius 3 is 3.11 bits per heavy atom. The van der Waals surface area contributed by atoms with Crippen LogP contribution in [0.3, 0.4) is 0 Å². The van der Waals surface area contributed by atoms with Crippen molar-refractivity contribution < 1.29 is 4.39 Å².